The van der Waals surface area contributed by atoms with Crippen molar-refractivity contribution in [2.75, 3.05) is 12.8 Å². The molecule has 0 bridgehead atoms. The summed E-state index contributed by atoms with van der Waals surface area (Å²) in [5.74, 6) is 11.9. The maximum absolute atomic E-state index is 12.7. The maximum atomic E-state index is 12.7. The van der Waals surface area contributed by atoms with Gasteiger partial charge in [-0.05, 0) is 42.6 Å². The summed E-state index contributed by atoms with van der Waals surface area (Å²) in [4.78, 5) is 4.08. The highest BCUT2D eigenvalue weighted by Gasteiger charge is 2.27. The number of nitrogen functional groups attached to an aromatic ring is 1. The van der Waals surface area contributed by atoms with E-state index in [-0.39, 0.29) is 16.3 Å². The molecule has 1 aliphatic rings. The standard InChI is InChI=1S/C19H27N7O2S.CH5N/c20-16-9-7-14(11-24-16)15-8-6-13(10-12-4-2-1-3-5-12)18(29(23,27)28)17(15)19(25-21)26-22;1-2/h6-9,11-12H,1-5,10,21-22H2,(H2,20,24)(H,25,26)(H2,23,27,28);2H2,1H3. The molecule has 0 atom stereocenters. The largest absolute Gasteiger partial charge is 0.384 e. The Hall–Kier alpha value is -2.73. The van der Waals surface area contributed by atoms with Crippen molar-refractivity contribution < 1.29 is 8.42 Å². The number of nitrogens with one attached hydrogen (secondary N) is 1. The molecule has 0 unspecified atom stereocenters. The minimum absolute atomic E-state index is 0.0143. The second-order valence-corrected chi connectivity index (χ2v) is 8.82. The summed E-state index contributed by atoms with van der Waals surface area (Å²) >= 11 is 0. The van der Waals surface area contributed by atoms with Crippen LogP contribution in [0.5, 0.6) is 0 Å². The number of aromatic nitrogens is 1. The van der Waals surface area contributed by atoms with Crippen LogP contribution in [-0.2, 0) is 16.4 Å². The van der Waals surface area contributed by atoms with Gasteiger partial charge < -0.3 is 22.7 Å². The number of nitrogens with two attached hydrogens (primary N) is 5. The Kier molecular flexibility index (Phi) is 8.75. The molecule has 1 aromatic carbocycles. The summed E-state index contributed by atoms with van der Waals surface area (Å²) < 4.78 is 25.3. The number of hydrogen-bond donors (Lipinski definition) is 6. The van der Waals surface area contributed by atoms with Crippen molar-refractivity contribution in [3.8, 4) is 11.1 Å². The van der Waals surface area contributed by atoms with Crippen LogP contribution < -0.4 is 33.7 Å². The Morgan fingerprint density at radius 1 is 1.16 bits per heavy atom. The lowest BCUT2D eigenvalue weighted by molar-refractivity contribution is 0.355. The van der Waals surface area contributed by atoms with Gasteiger partial charge in [-0.2, -0.15) is 5.10 Å². The Morgan fingerprint density at radius 2 is 1.84 bits per heavy atom. The summed E-state index contributed by atoms with van der Waals surface area (Å²) in [6.45, 7) is 0. The summed E-state index contributed by atoms with van der Waals surface area (Å²) in [5, 5.41) is 9.31. The molecular formula is C20H32N8O2S. The molecule has 1 aliphatic carbocycles. The third-order valence-corrected chi connectivity index (χ3v) is 6.39. The van der Waals surface area contributed by atoms with Gasteiger partial charge in [0.25, 0.3) is 0 Å². The van der Waals surface area contributed by atoms with Gasteiger partial charge in [0.2, 0.25) is 10.0 Å². The normalized spacial score (nSPS) is 15.2. The summed E-state index contributed by atoms with van der Waals surface area (Å²) in [6, 6.07) is 6.98. The average Bonchev–Trinajstić information content (AvgIpc) is 2.77. The van der Waals surface area contributed by atoms with Gasteiger partial charge in [-0.1, -0.05) is 44.2 Å². The van der Waals surface area contributed by atoms with Crippen molar-refractivity contribution in [2.45, 2.75) is 43.4 Å². The molecule has 1 saturated carbocycles. The number of hydrazine groups is 1. The van der Waals surface area contributed by atoms with Crippen LogP contribution in [0, 0.1) is 5.92 Å². The third-order valence-electron chi connectivity index (χ3n) is 5.36. The maximum Gasteiger partial charge on any atom is 0.239 e. The first kappa shape index (κ1) is 24.5. The van der Waals surface area contributed by atoms with E-state index in [1.54, 1.807) is 24.4 Å². The third kappa shape index (κ3) is 5.91. The fourth-order valence-corrected chi connectivity index (χ4v) is 5.04. The number of rotatable bonds is 5. The number of sulfonamides is 1. The van der Waals surface area contributed by atoms with E-state index in [0.717, 1.165) is 25.7 Å². The minimum atomic E-state index is -4.10. The smallest absolute Gasteiger partial charge is 0.239 e. The van der Waals surface area contributed by atoms with Crippen LogP contribution in [0.3, 0.4) is 0 Å². The van der Waals surface area contributed by atoms with Gasteiger partial charge in [-0.15, -0.1) is 0 Å². The zero-order valence-corrected chi connectivity index (χ0v) is 18.5. The van der Waals surface area contributed by atoms with Crippen molar-refractivity contribution >= 4 is 21.7 Å². The predicted octanol–water partition coefficient (Wildman–Crippen LogP) is 0.760. The Labute approximate surface area is 183 Å². The van der Waals surface area contributed by atoms with Gasteiger partial charge in [-0.3, -0.25) is 0 Å². The highest BCUT2D eigenvalue weighted by molar-refractivity contribution is 7.89. The van der Waals surface area contributed by atoms with Crippen molar-refractivity contribution in [1.82, 2.24) is 10.4 Å². The molecule has 0 radical (unpaired) electrons. The van der Waals surface area contributed by atoms with Crippen molar-refractivity contribution in [3.63, 3.8) is 0 Å². The molecule has 0 amide bonds. The first-order chi connectivity index (χ1) is 14.8. The predicted molar refractivity (Wildman–Crippen MR) is 124 cm³/mol. The molecule has 10 nitrogen and oxygen atoms in total. The molecule has 0 spiro atoms. The number of amidine groups is 1. The molecule has 1 fully saturated rings. The minimum Gasteiger partial charge on any atom is -0.384 e. The summed E-state index contributed by atoms with van der Waals surface area (Å²) in [5.41, 5.74) is 14.6. The van der Waals surface area contributed by atoms with E-state index >= 15 is 0 Å². The molecule has 1 aromatic heterocycles. The lowest BCUT2D eigenvalue weighted by Crippen LogP contribution is -2.35. The van der Waals surface area contributed by atoms with E-state index in [1.165, 1.54) is 13.5 Å². The van der Waals surface area contributed by atoms with E-state index in [1.807, 2.05) is 6.07 Å². The van der Waals surface area contributed by atoms with E-state index < -0.39 is 10.0 Å². The monoisotopic (exact) mass is 448 g/mol. The second kappa shape index (κ2) is 11.0. The van der Waals surface area contributed by atoms with E-state index in [0.29, 0.717) is 34.8 Å². The zero-order valence-electron chi connectivity index (χ0n) is 17.7. The lowest BCUT2D eigenvalue weighted by atomic mass is 9.84. The fourth-order valence-electron chi connectivity index (χ4n) is 4.03. The summed E-state index contributed by atoms with van der Waals surface area (Å²) in [6.07, 6.45) is 7.81. The number of pyridine rings is 1. The Bertz CT molecular complexity index is 1000. The SMILES string of the molecule is CN.N/N=C(\NN)c1c(-c2ccc(N)nc2)ccc(CC2CCCCC2)c1S(N)(=O)=O. The van der Waals surface area contributed by atoms with Crippen LogP contribution >= 0.6 is 0 Å². The molecule has 3 rings (SSSR count). The van der Waals surface area contributed by atoms with Gasteiger partial charge >= 0.3 is 0 Å². The van der Waals surface area contributed by atoms with E-state index in [9.17, 15) is 8.42 Å². The molecule has 0 aliphatic heterocycles. The van der Waals surface area contributed by atoms with Crippen LogP contribution in [-0.4, -0.2) is 26.3 Å². The van der Waals surface area contributed by atoms with Crippen molar-refractivity contribution in [1.29, 1.82) is 0 Å². The van der Waals surface area contributed by atoms with Crippen LogP contribution in [0.2, 0.25) is 0 Å². The van der Waals surface area contributed by atoms with Gasteiger partial charge in [0.15, 0.2) is 5.84 Å². The van der Waals surface area contributed by atoms with Gasteiger partial charge in [0.05, 0.1) is 4.90 Å². The van der Waals surface area contributed by atoms with Crippen LogP contribution in [0.25, 0.3) is 11.1 Å². The Balaban J connectivity index is 0.00000166. The first-order valence-corrected chi connectivity index (χ1v) is 11.6. The van der Waals surface area contributed by atoms with Gasteiger partial charge in [-0.25, -0.2) is 24.4 Å². The van der Waals surface area contributed by atoms with E-state index in [4.69, 9.17) is 22.6 Å². The Morgan fingerprint density at radius 3 is 2.35 bits per heavy atom. The molecule has 1 heterocycles. The van der Waals surface area contributed by atoms with Crippen molar-refractivity contribution in [3.05, 3.63) is 41.6 Å². The van der Waals surface area contributed by atoms with E-state index in [2.05, 4.69) is 21.2 Å². The number of nitrogens with zero attached hydrogens (tertiary/aromatic N) is 2. The van der Waals surface area contributed by atoms with Crippen molar-refractivity contribution in [2.24, 2.45) is 33.6 Å². The number of hydrazone groups is 1. The number of primary sulfonamides is 1. The highest BCUT2D eigenvalue weighted by Crippen LogP contribution is 2.34. The quantitative estimate of drug-likeness (QED) is 0.166. The number of benzene rings is 1. The van der Waals surface area contributed by atoms with Crippen LogP contribution in [0.15, 0.2) is 40.5 Å². The van der Waals surface area contributed by atoms with Gasteiger partial charge in [0, 0.05) is 17.3 Å². The zero-order chi connectivity index (χ0) is 23.0. The van der Waals surface area contributed by atoms with Crippen LogP contribution in [0.1, 0.15) is 43.2 Å². The second-order valence-electron chi connectivity index (χ2n) is 7.32. The molecule has 2 aromatic rings. The summed E-state index contributed by atoms with van der Waals surface area (Å²) in [7, 11) is -2.60. The molecule has 170 valence electrons. The first-order valence-electron chi connectivity index (χ1n) is 10.1. The fraction of sp³-hybridized carbons (Fsp3) is 0.400. The van der Waals surface area contributed by atoms with Crippen LogP contribution in [0.4, 0.5) is 5.82 Å². The molecule has 11 N–H and O–H groups in total. The molecule has 31 heavy (non-hydrogen) atoms. The number of anilines is 1. The average molecular weight is 449 g/mol. The van der Waals surface area contributed by atoms with Gasteiger partial charge in [0.1, 0.15) is 5.82 Å². The molecular weight excluding hydrogens is 416 g/mol. The topological polar surface area (TPSA) is 202 Å². The highest BCUT2D eigenvalue weighted by atomic mass is 32.2. The lowest BCUT2D eigenvalue weighted by Gasteiger charge is -2.24. The number of hydrogen-bond acceptors (Lipinski definition) is 8. The molecule has 11 heteroatoms. The molecule has 0 saturated heterocycles.